The van der Waals surface area contributed by atoms with E-state index >= 15 is 0 Å². The Morgan fingerprint density at radius 3 is 2.35 bits per heavy atom. The van der Waals surface area contributed by atoms with Gasteiger partial charge in [-0.1, -0.05) is 33.6 Å². The van der Waals surface area contributed by atoms with Gasteiger partial charge in [-0.15, -0.1) is 0 Å². The van der Waals surface area contributed by atoms with Crippen LogP contribution >= 0.6 is 0 Å². The molecule has 1 amide bonds. The van der Waals surface area contributed by atoms with Gasteiger partial charge in [-0.25, -0.2) is 0 Å². The molecule has 17 heavy (non-hydrogen) atoms. The highest BCUT2D eigenvalue weighted by Crippen LogP contribution is 2.37. The Balaban J connectivity index is 2.25. The molecule has 1 N–H and O–H groups in total. The Bertz CT molecular complexity index is 245. The molecule has 0 saturated heterocycles. The van der Waals surface area contributed by atoms with Crippen LogP contribution in [0.2, 0.25) is 0 Å². The highest BCUT2D eigenvalue weighted by atomic mass is 16.5. The highest BCUT2D eigenvalue weighted by molar-refractivity contribution is 5.82. The fourth-order valence-electron chi connectivity index (χ4n) is 2.30. The molecule has 3 nitrogen and oxygen atoms in total. The summed E-state index contributed by atoms with van der Waals surface area (Å²) in [5, 5.41) is 3.07. The number of carbonyl (C=O) groups is 1. The third-order valence-electron chi connectivity index (χ3n) is 3.45. The van der Waals surface area contributed by atoms with Crippen molar-refractivity contribution in [2.75, 3.05) is 13.2 Å². The van der Waals surface area contributed by atoms with Crippen LogP contribution in [0.25, 0.3) is 0 Å². The van der Waals surface area contributed by atoms with Gasteiger partial charge in [0.2, 0.25) is 5.91 Å². The smallest absolute Gasteiger partial charge is 0.226 e. The van der Waals surface area contributed by atoms with E-state index in [0.717, 1.165) is 19.4 Å². The summed E-state index contributed by atoms with van der Waals surface area (Å²) in [6.07, 6.45) is 4.42. The molecule has 1 aliphatic rings. The monoisotopic (exact) mass is 241 g/mol. The van der Waals surface area contributed by atoms with Crippen molar-refractivity contribution < 1.29 is 9.53 Å². The van der Waals surface area contributed by atoms with Gasteiger partial charge in [0.15, 0.2) is 0 Å². The maximum absolute atomic E-state index is 12.1. The molecular weight excluding hydrogens is 214 g/mol. The van der Waals surface area contributed by atoms with E-state index in [9.17, 15) is 4.79 Å². The fourth-order valence-corrected chi connectivity index (χ4v) is 2.30. The van der Waals surface area contributed by atoms with Crippen LogP contribution in [0.1, 0.15) is 53.4 Å². The quantitative estimate of drug-likeness (QED) is 0.776. The van der Waals surface area contributed by atoms with Crippen LogP contribution in [0.15, 0.2) is 0 Å². The standard InChI is InChI=1S/C14H27NO2/c1-11(2)9-17-10-12(3)15-13(16)14(4)7-5-6-8-14/h11-12H,5-10H2,1-4H3,(H,15,16). The molecule has 1 aliphatic carbocycles. The van der Waals surface area contributed by atoms with Crippen molar-refractivity contribution in [2.45, 2.75) is 59.4 Å². The summed E-state index contributed by atoms with van der Waals surface area (Å²) in [6.45, 7) is 9.72. The van der Waals surface area contributed by atoms with Gasteiger partial charge in [-0.2, -0.15) is 0 Å². The number of nitrogens with one attached hydrogen (secondary N) is 1. The predicted octanol–water partition coefficient (Wildman–Crippen LogP) is 2.74. The second kappa shape index (κ2) is 6.39. The van der Waals surface area contributed by atoms with Crippen LogP contribution in [0.5, 0.6) is 0 Å². The Hall–Kier alpha value is -0.570. The average Bonchev–Trinajstić information content (AvgIpc) is 2.66. The summed E-state index contributed by atoms with van der Waals surface area (Å²) in [7, 11) is 0. The fraction of sp³-hybridized carbons (Fsp3) is 0.929. The SMILES string of the molecule is CC(C)COCC(C)NC(=O)C1(C)CCCC1. The lowest BCUT2D eigenvalue weighted by Gasteiger charge is -2.25. The first-order valence-electron chi connectivity index (χ1n) is 6.83. The van der Waals surface area contributed by atoms with E-state index in [-0.39, 0.29) is 17.4 Å². The molecule has 0 radical (unpaired) electrons. The second-order valence-electron chi connectivity index (χ2n) is 6.07. The zero-order chi connectivity index (χ0) is 12.9. The van der Waals surface area contributed by atoms with Gasteiger partial charge in [-0.05, 0) is 25.7 Å². The van der Waals surface area contributed by atoms with Crippen LogP contribution in [0.4, 0.5) is 0 Å². The van der Waals surface area contributed by atoms with Crippen LogP contribution in [0.3, 0.4) is 0 Å². The van der Waals surface area contributed by atoms with Gasteiger partial charge in [-0.3, -0.25) is 4.79 Å². The lowest BCUT2D eigenvalue weighted by atomic mass is 9.87. The summed E-state index contributed by atoms with van der Waals surface area (Å²) in [5.74, 6) is 0.751. The molecule has 0 aromatic heterocycles. The van der Waals surface area contributed by atoms with E-state index < -0.39 is 0 Å². The summed E-state index contributed by atoms with van der Waals surface area (Å²) in [6, 6.07) is 0.110. The molecule has 0 aromatic carbocycles. The molecule has 1 atom stereocenters. The van der Waals surface area contributed by atoms with Crippen LogP contribution in [0, 0.1) is 11.3 Å². The average molecular weight is 241 g/mol. The number of ether oxygens (including phenoxy) is 1. The first-order valence-corrected chi connectivity index (χ1v) is 6.83. The second-order valence-corrected chi connectivity index (χ2v) is 6.07. The van der Waals surface area contributed by atoms with E-state index in [1.54, 1.807) is 0 Å². The Morgan fingerprint density at radius 2 is 1.82 bits per heavy atom. The van der Waals surface area contributed by atoms with Crippen molar-refractivity contribution >= 4 is 5.91 Å². The third-order valence-corrected chi connectivity index (χ3v) is 3.45. The number of carbonyl (C=O) groups excluding carboxylic acids is 1. The van der Waals surface area contributed by atoms with Crippen molar-refractivity contribution in [3.05, 3.63) is 0 Å². The molecule has 1 saturated carbocycles. The maximum atomic E-state index is 12.1. The van der Waals surface area contributed by atoms with Gasteiger partial charge in [0.1, 0.15) is 0 Å². The minimum atomic E-state index is -0.133. The summed E-state index contributed by atoms with van der Waals surface area (Å²) < 4.78 is 5.54. The molecule has 0 heterocycles. The Kier molecular flexibility index (Phi) is 5.44. The predicted molar refractivity (Wildman–Crippen MR) is 69.8 cm³/mol. The zero-order valence-electron chi connectivity index (χ0n) is 11.7. The van der Waals surface area contributed by atoms with E-state index in [1.807, 2.05) is 6.92 Å². The lowest BCUT2D eigenvalue weighted by molar-refractivity contribution is -0.131. The van der Waals surface area contributed by atoms with Crippen molar-refractivity contribution in [3.63, 3.8) is 0 Å². The zero-order valence-corrected chi connectivity index (χ0v) is 11.7. The number of hydrogen-bond donors (Lipinski definition) is 1. The topological polar surface area (TPSA) is 38.3 Å². The third kappa shape index (κ3) is 4.66. The molecule has 1 unspecified atom stereocenters. The van der Waals surface area contributed by atoms with Gasteiger partial charge in [0, 0.05) is 18.1 Å². The van der Waals surface area contributed by atoms with E-state index in [2.05, 4.69) is 26.1 Å². The van der Waals surface area contributed by atoms with E-state index in [1.165, 1.54) is 12.8 Å². The number of rotatable bonds is 6. The molecule has 0 spiro atoms. The van der Waals surface area contributed by atoms with E-state index in [4.69, 9.17) is 4.74 Å². The normalized spacial score (nSPS) is 20.5. The van der Waals surface area contributed by atoms with Gasteiger partial charge in [0.25, 0.3) is 0 Å². The van der Waals surface area contributed by atoms with Gasteiger partial charge in [0.05, 0.1) is 6.61 Å². The molecule has 0 aromatic rings. The highest BCUT2D eigenvalue weighted by Gasteiger charge is 2.36. The summed E-state index contributed by atoms with van der Waals surface area (Å²) >= 11 is 0. The van der Waals surface area contributed by atoms with Crippen LogP contribution in [-0.4, -0.2) is 25.2 Å². The summed E-state index contributed by atoms with van der Waals surface area (Å²) in [5.41, 5.74) is -0.133. The van der Waals surface area contributed by atoms with Gasteiger partial charge < -0.3 is 10.1 Å². The van der Waals surface area contributed by atoms with Gasteiger partial charge >= 0.3 is 0 Å². The number of hydrogen-bond acceptors (Lipinski definition) is 2. The van der Waals surface area contributed by atoms with Crippen molar-refractivity contribution in [1.82, 2.24) is 5.32 Å². The maximum Gasteiger partial charge on any atom is 0.226 e. The molecular formula is C14H27NO2. The molecule has 0 aliphatic heterocycles. The molecule has 100 valence electrons. The number of amides is 1. The van der Waals surface area contributed by atoms with Crippen molar-refractivity contribution in [2.24, 2.45) is 11.3 Å². The lowest BCUT2D eigenvalue weighted by Crippen LogP contribution is -2.43. The van der Waals surface area contributed by atoms with Crippen molar-refractivity contribution in [3.8, 4) is 0 Å². The largest absolute Gasteiger partial charge is 0.379 e. The van der Waals surface area contributed by atoms with Crippen molar-refractivity contribution in [1.29, 1.82) is 0 Å². The molecule has 3 heteroatoms. The molecule has 1 fully saturated rings. The molecule has 0 bridgehead atoms. The minimum absolute atomic E-state index is 0.110. The Morgan fingerprint density at radius 1 is 1.24 bits per heavy atom. The molecule has 1 rings (SSSR count). The Labute approximate surface area is 105 Å². The first kappa shape index (κ1) is 14.5. The first-order chi connectivity index (χ1) is 7.94. The van der Waals surface area contributed by atoms with E-state index in [0.29, 0.717) is 12.5 Å². The summed E-state index contributed by atoms with van der Waals surface area (Å²) in [4.78, 5) is 12.1. The van der Waals surface area contributed by atoms with Crippen LogP contribution in [-0.2, 0) is 9.53 Å². The van der Waals surface area contributed by atoms with Crippen LogP contribution < -0.4 is 5.32 Å². The minimum Gasteiger partial charge on any atom is -0.379 e.